The Morgan fingerprint density at radius 3 is 2.81 bits per heavy atom. The van der Waals surface area contributed by atoms with Crippen molar-refractivity contribution in [2.45, 2.75) is 19.6 Å². The average molecular weight is 227 g/mol. The van der Waals surface area contributed by atoms with Crippen LogP contribution >= 0.6 is 0 Å². The molecule has 6 nitrogen and oxygen atoms in total. The van der Waals surface area contributed by atoms with Gasteiger partial charge in [0.2, 0.25) is 0 Å². The fourth-order valence-electron chi connectivity index (χ4n) is 1.05. The van der Waals surface area contributed by atoms with Gasteiger partial charge in [0.25, 0.3) is 5.91 Å². The van der Waals surface area contributed by atoms with Gasteiger partial charge in [0, 0.05) is 7.11 Å². The molecule has 1 aromatic heterocycles. The van der Waals surface area contributed by atoms with Gasteiger partial charge in [0.05, 0.1) is 0 Å². The van der Waals surface area contributed by atoms with Crippen molar-refractivity contribution in [3.05, 3.63) is 23.7 Å². The third-order valence-corrected chi connectivity index (χ3v) is 1.89. The average Bonchev–Trinajstić information content (AvgIpc) is 2.66. The van der Waals surface area contributed by atoms with Gasteiger partial charge in [-0.2, -0.15) is 0 Å². The number of nitrogens with one attached hydrogen (secondary N) is 1. The lowest BCUT2D eigenvalue weighted by atomic mass is 10.3. The number of rotatable bonds is 5. The smallest absolute Gasteiger partial charge is 0.325 e. The number of carboxylic acid groups (broad SMARTS) is 1. The van der Waals surface area contributed by atoms with Crippen LogP contribution in [0.25, 0.3) is 0 Å². The molecule has 0 bridgehead atoms. The highest BCUT2D eigenvalue weighted by Crippen LogP contribution is 2.08. The summed E-state index contributed by atoms with van der Waals surface area (Å²) in [6.45, 7) is 1.64. The highest BCUT2D eigenvalue weighted by Gasteiger charge is 2.17. The van der Waals surface area contributed by atoms with Crippen LogP contribution in [0.2, 0.25) is 0 Å². The second-order valence-electron chi connectivity index (χ2n) is 3.23. The van der Waals surface area contributed by atoms with Crippen molar-refractivity contribution < 1.29 is 23.8 Å². The third-order valence-electron chi connectivity index (χ3n) is 1.89. The van der Waals surface area contributed by atoms with Crippen LogP contribution in [-0.2, 0) is 16.1 Å². The predicted molar refractivity (Wildman–Crippen MR) is 54.0 cm³/mol. The van der Waals surface area contributed by atoms with Gasteiger partial charge in [-0.15, -0.1) is 0 Å². The van der Waals surface area contributed by atoms with Crippen molar-refractivity contribution in [1.82, 2.24) is 5.32 Å². The maximum atomic E-state index is 11.5. The minimum atomic E-state index is -1.10. The molecule has 0 unspecified atom stereocenters. The maximum Gasteiger partial charge on any atom is 0.325 e. The number of hydrogen-bond acceptors (Lipinski definition) is 4. The normalized spacial score (nSPS) is 12.1. The Hall–Kier alpha value is -1.82. The summed E-state index contributed by atoms with van der Waals surface area (Å²) in [5.74, 6) is -1.08. The zero-order valence-electron chi connectivity index (χ0n) is 9.02. The number of ether oxygens (including phenoxy) is 1. The fraction of sp³-hybridized carbons (Fsp3) is 0.400. The molecular formula is C10H13NO5. The number of carbonyl (C=O) groups excluding carboxylic acids is 1. The first-order valence-corrected chi connectivity index (χ1v) is 4.66. The van der Waals surface area contributed by atoms with E-state index in [4.69, 9.17) is 14.3 Å². The zero-order chi connectivity index (χ0) is 12.1. The monoisotopic (exact) mass is 227 g/mol. The molecule has 0 saturated heterocycles. The lowest BCUT2D eigenvalue weighted by Gasteiger charge is -2.06. The van der Waals surface area contributed by atoms with Crippen LogP contribution in [0.4, 0.5) is 0 Å². The second kappa shape index (κ2) is 5.32. The van der Waals surface area contributed by atoms with Crippen molar-refractivity contribution in [3.8, 4) is 0 Å². The number of carboxylic acids is 1. The number of methoxy groups -OCH3 is 1. The Bertz CT molecular complexity index is 384. The van der Waals surface area contributed by atoms with Gasteiger partial charge in [-0.3, -0.25) is 9.59 Å². The predicted octanol–water partition coefficient (Wildman–Crippen LogP) is 0.629. The van der Waals surface area contributed by atoms with Crippen LogP contribution in [0.1, 0.15) is 23.2 Å². The van der Waals surface area contributed by atoms with E-state index in [1.165, 1.54) is 20.1 Å². The first kappa shape index (κ1) is 12.3. The minimum Gasteiger partial charge on any atom is -0.480 e. The van der Waals surface area contributed by atoms with E-state index in [2.05, 4.69) is 5.32 Å². The molecule has 0 fully saturated rings. The van der Waals surface area contributed by atoms with Gasteiger partial charge in [-0.05, 0) is 19.1 Å². The quantitative estimate of drug-likeness (QED) is 0.770. The first-order valence-electron chi connectivity index (χ1n) is 4.66. The highest BCUT2D eigenvalue weighted by atomic mass is 16.5. The Labute approximate surface area is 92.2 Å². The van der Waals surface area contributed by atoms with E-state index in [1.54, 1.807) is 6.07 Å². The summed E-state index contributed by atoms with van der Waals surface area (Å²) >= 11 is 0. The molecular weight excluding hydrogens is 214 g/mol. The van der Waals surface area contributed by atoms with Crippen LogP contribution in [0.3, 0.4) is 0 Å². The van der Waals surface area contributed by atoms with E-state index < -0.39 is 17.9 Å². The molecule has 1 amide bonds. The molecule has 88 valence electrons. The molecule has 1 atom stereocenters. The van der Waals surface area contributed by atoms with E-state index in [1.807, 2.05) is 0 Å². The Balaban J connectivity index is 2.62. The van der Waals surface area contributed by atoms with Crippen LogP contribution in [-0.4, -0.2) is 30.1 Å². The summed E-state index contributed by atoms with van der Waals surface area (Å²) in [6, 6.07) is 2.12. The molecule has 1 heterocycles. The number of furan rings is 1. The topological polar surface area (TPSA) is 88.8 Å². The van der Waals surface area contributed by atoms with E-state index in [0.717, 1.165) is 0 Å². The lowest BCUT2D eigenvalue weighted by Crippen LogP contribution is -2.38. The summed E-state index contributed by atoms with van der Waals surface area (Å²) in [5, 5.41) is 10.9. The van der Waals surface area contributed by atoms with Gasteiger partial charge < -0.3 is 19.6 Å². The Morgan fingerprint density at radius 2 is 2.25 bits per heavy atom. The molecule has 1 aromatic rings. The van der Waals surface area contributed by atoms with Crippen molar-refractivity contribution >= 4 is 11.9 Å². The number of amides is 1. The zero-order valence-corrected chi connectivity index (χ0v) is 9.02. The summed E-state index contributed by atoms with van der Waals surface area (Å²) < 4.78 is 9.96. The molecule has 0 spiro atoms. The van der Waals surface area contributed by atoms with Crippen molar-refractivity contribution in [3.63, 3.8) is 0 Å². The van der Waals surface area contributed by atoms with Crippen molar-refractivity contribution in [1.29, 1.82) is 0 Å². The van der Waals surface area contributed by atoms with Gasteiger partial charge in [-0.1, -0.05) is 0 Å². The number of aliphatic carboxylic acids is 1. The summed E-state index contributed by atoms with van der Waals surface area (Å²) in [4.78, 5) is 22.0. The Morgan fingerprint density at radius 1 is 1.56 bits per heavy atom. The van der Waals surface area contributed by atoms with Crippen LogP contribution < -0.4 is 5.32 Å². The SMILES string of the molecule is COCc1ccc(C(=O)N[C@@H](C)C(=O)O)o1. The summed E-state index contributed by atoms with van der Waals surface area (Å²) in [7, 11) is 1.51. The molecule has 0 aliphatic rings. The summed E-state index contributed by atoms with van der Waals surface area (Å²) in [5.41, 5.74) is 0. The van der Waals surface area contributed by atoms with Gasteiger partial charge in [-0.25, -0.2) is 0 Å². The van der Waals surface area contributed by atoms with Crippen LogP contribution in [0, 0.1) is 0 Å². The van der Waals surface area contributed by atoms with Crippen LogP contribution in [0.5, 0.6) is 0 Å². The van der Waals surface area contributed by atoms with Gasteiger partial charge in [0.1, 0.15) is 18.4 Å². The van der Waals surface area contributed by atoms with E-state index in [9.17, 15) is 9.59 Å². The Kier molecular flexibility index (Phi) is 4.07. The third kappa shape index (κ3) is 3.09. The van der Waals surface area contributed by atoms with E-state index in [0.29, 0.717) is 5.76 Å². The van der Waals surface area contributed by atoms with Crippen LogP contribution in [0.15, 0.2) is 16.5 Å². The molecule has 6 heteroatoms. The second-order valence-corrected chi connectivity index (χ2v) is 3.23. The molecule has 0 saturated carbocycles. The first-order chi connectivity index (χ1) is 7.54. The molecule has 2 N–H and O–H groups in total. The largest absolute Gasteiger partial charge is 0.480 e. The van der Waals surface area contributed by atoms with Crippen molar-refractivity contribution in [2.24, 2.45) is 0 Å². The molecule has 0 aromatic carbocycles. The molecule has 16 heavy (non-hydrogen) atoms. The maximum absolute atomic E-state index is 11.5. The van der Waals surface area contributed by atoms with Gasteiger partial charge in [0.15, 0.2) is 5.76 Å². The lowest BCUT2D eigenvalue weighted by molar-refractivity contribution is -0.138. The molecule has 1 rings (SSSR count). The fourth-order valence-corrected chi connectivity index (χ4v) is 1.05. The number of hydrogen-bond donors (Lipinski definition) is 2. The van der Waals surface area contributed by atoms with E-state index >= 15 is 0 Å². The highest BCUT2D eigenvalue weighted by molar-refractivity contribution is 5.94. The minimum absolute atomic E-state index is 0.0696. The summed E-state index contributed by atoms with van der Waals surface area (Å²) in [6.07, 6.45) is 0. The number of carbonyl (C=O) groups is 2. The van der Waals surface area contributed by atoms with Crippen molar-refractivity contribution in [2.75, 3.05) is 7.11 Å². The molecule has 0 aliphatic heterocycles. The van der Waals surface area contributed by atoms with Gasteiger partial charge >= 0.3 is 5.97 Å². The standard InChI is InChI=1S/C10H13NO5/c1-6(10(13)14)11-9(12)8-4-3-7(16-8)5-15-2/h3-4,6H,5H2,1-2H3,(H,11,12)(H,13,14)/t6-/m0/s1. The molecule has 0 radical (unpaired) electrons. The molecule has 0 aliphatic carbocycles. The van der Waals surface area contributed by atoms with E-state index in [-0.39, 0.29) is 12.4 Å².